The minimum Gasteiger partial charge on any atom is -0.371 e. The van der Waals surface area contributed by atoms with E-state index in [1.54, 1.807) is 36.0 Å². The van der Waals surface area contributed by atoms with Crippen LogP contribution in [0, 0.1) is 0 Å². The van der Waals surface area contributed by atoms with Crippen molar-refractivity contribution in [2.24, 2.45) is 0 Å². The molecule has 3 N–H and O–H groups in total. The molecule has 4 rings (SSSR count). The number of nitrogen functional groups attached to an aromatic ring is 1. The normalized spacial score (nSPS) is 11.7. The van der Waals surface area contributed by atoms with Gasteiger partial charge in [0.2, 0.25) is 5.95 Å². The lowest BCUT2D eigenvalue weighted by Crippen LogP contribution is -2.09. The molecule has 0 unspecified atom stereocenters. The topological polar surface area (TPSA) is 112 Å². The third-order valence-electron chi connectivity index (χ3n) is 3.71. The molecule has 0 aromatic carbocycles. The monoisotopic (exact) mass is 345 g/mol. The van der Waals surface area contributed by atoms with E-state index in [-0.39, 0.29) is 5.95 Å². The molecule has 0 radical (unpaired) electrons. The first kappa shape index (κ1) is 15.2. The zero-order chi connectivity index (χ0) is 17.6. The van der Waals surface area contributed by atoms with E-state index >= 15 is 0 Å². The highest BCUT2D eigenvalue weighted by Gasteiger charge is 2.16. The van der Waals surface area contributed by atoms with Crippen molar-refractivity contribution >= 4 is 28.4 Å². The lowest BCUT2D eigenvalue weighted by molar-refractivity contribution is 0.122. The Morgan fingerprint density at radius 2 is 2.08 bits per heavy atom. The van der Waals surface area contributed by atoms with E-state index in [0.29, 0.717) is 28.2 Å². The van der Waals surface area contributed by atoms with Crippen LogP contribution in [0.3, 0.4) is 0 Å². The number of fused-ring (bicyclic) bond motifs is 2. The summed E-state index contributed by atoms with van der Waals surface area (Å²) in [4.78, 5) is 8.62. The molecule has 0 saturated heterocycles. The van der Waals surface area contributed by atoms with Crippen molar-refractivity contribution in [2.45, 2.75) is 13.0 Å². The van der Waals surface area contributed by atoms with Gasteiger partial charge in [-0.2, -0.15) is 4.98 Å². The van der Waals surface area contributed by atoms with E-state index in [0.717, 1.165) is 10.2 Å². The third-order valence-corrected chi connectivity index (χ3v) is 3.71. The molecular weight excluding hydrogens is 332 g/mol. The van der Waals surface area contributed by atoms with E-state index in [4.69, 9.17) is 5.73 Å². The average molecular weight is 345 g/mol. The van der Waals surface area contributed by atoms with Crippen LogP contribution in [0.4, 0.5) is 20.5 Å². The minimum absolute atomic E-state index is 0.127. The van der Waals surface area contributed by atoms with Crippen LogP contribution >= 0.6 is 0 Å². The molecular formula is C14H13F2N9. The number of alkyl halides is 2. The van der Waals surface area contributed by atoms with Gasteiger partial charge in [0.25, 0.3) is 6.43 Å². The van der Waals surface area contributed by atoms with Crippen LogP contribution in [0.15, 0.2) is 24.4 Å². The molecule has 25 heavy (non-hydrogen) atoms. The lowest BCUT2D eigenvalue weighted by atomic mass is 10.2. The fraction of sp³-hybridized carbons (Fsp3) is 0.214. The Balaban J connectivity index is 1.91. The number of nitrogens with zero attached hydrogens (tertiary/aromatic N) is 7. The van der Waals surface area contributed by atoms with Crippen molar-refractivity contribution < 1.29 is 8.78 Å². The van der Waals surface area contributed by atoms with E-state index in [9.17, 15) is 8.78 Å². The molecule has 0 aliphatic carbocycles. The number of nitrogens with one attached hydrogen (secondary N) is 1. The first-order chi connectivity index (χ1) is 12.1. The quantitative estimate of drug-likeness (QED) is 0.575. The molecule has 0 bridgehead atoms. The Morgan fingerprint density at radius 3 is 2.84 bits per heavy atom. The number of nitrogens with two attached hydrogens (primary N) is 1. The molecule has 0 amide bonds. The van der Waals surface area contributed by atoms with Gasteiger partial charge in [-0.1, -0.05) is 5.21 Å². The molecule has 4 heterocycles. The zero-order valence-corrected chi connectivity index (χ0v) is 13.1. The molecule has 0 aliphatic rings. The number of hydrogen-bond donors (Lipinski definition) is 2. The second-order valence-electron chi connectivity index (χ2n) is 5.29. The Labute approximate surface area is 139 Å². The first-order valence-electron chi connectivity index (χ1n) is 7.38. The molecule has 9 nitrogen and oxygen atoms in total. The largest absolute Gasteiger partial charge is 0.371 e. The van der Waals surface area contributed by atoms with Gasteiger partial charge in [0.15, 0.2) is 11.5 Å². The van der Waals surface area contributed by atoms with Gasteiger partial charge in [0, 0.05) is 18.8 Å². The van der Waals surface area contributed by atoms with Crippen LogP contribution in [0.2, 0.25) is 0 Å². The standard InChI is InChI=1S/C14H13F2N9/c1-18-12-11-7(4-5-24(11)22-14(17)20-12)8-2-3-9-13(19-8)25(23-21-9)6-10(15)16/h2-5,10H,6H2,1H3,(H3,17,18,20,22). The van der Waals surface area contributed by atoms with Gasteiger partial charge in [0.1, 0.15) is 17.6 Å². The predicted octanol–water partition coefficient (Wildman–Crippen LogP) is 1.42. The summed E-state index contributed by atoms with van der Waals surface area (Å²) in [5.74, 6) is 0.662. The summed E-state index contributed by atoms with van der Waals surface area (Å²) in [5.41, 5.74) is 8.40. The maximum atomic E-state index is 12.7. The maximum absolute atomic E-state index is 12.7. The summed E-state index contributed by atoms with van der Waals surface area (Å²) in [6.07, 6.45) is -0.817. The molecule has 11 heteroatoms. The van der Waals surface area contributed by atoms with Crippen LogP contribution in [0.1, 0.15) is 0 Å². The van der Waals surface area contributed by atoms with E-state index < -0.39 is 13.0 Å². The van der Waals surface area contributed by atoms with Crippen molar-refractivity contribution in [1.29, 1.82) is 0 Å². The van der Waals surface area contributed by atoms with Gasteiger partial charge in [-0.3, -0.25) is 0 Å². The van der Waals surface area contributed by atoms with E-state index in [1.165, 1.54) is 0 Å². The molecule has 0 fully saturated rings. The highest BCUT2D eigenvalue weighted by Crippen LogP contribution is 2.29. The van der Waals surface area contributed by atoms with Gasteiger partial charge in [-0.05, 0) is 18.2 Å². The highest BCUT2D eigenvalue weighted by molar-refractivity contribution is 5.89. The zero-order valence-electron chi connectivity index (χ0n) is 13.1. The summed E-state index contributed by atoms with van der Waals surface area (Å²) in [7, 11) is 1.72. The molecule has 0 atom stereocenters. The van der Waals surface area contributed by atoms with Crippen molar-refractivity contribution in [1.82, 2.24) is 34.6 Å². The number of halogens is 2. The summed E-state index contributed by atoms with van der Waals surface area (Å²) in [6, 6.07) is 5.24. The van der Waals surface area contributed by atoms with E-state index in [2.05, 4.69) is 30.7 Å². The minimum atomic E-state index is -2.54. The molecule has 0 spiro atoms. The smallest absolute Gasteiger partial charge is 0.258 e. The van der Waals surface area contributed by atoms with Gasteiger partial charge in [0.05, 0.1) is 5.69 Å². The van der Waals surface area contributed by atoms with Gasteiger partial charge in [-0.15, -0.1) is 10.2 Å². The Kier molecular flexibility index (Phi) is 3.41. The molecule has 0 aliphatic heterocycles. The highest BCUT2D eigenvalue weighted by atomic mass is 19.3. The van der Waals surface area contributed by atoms with Gasteiger partial charge in [-0.25, -0.2) is 23.0 Å². The second kappa shape index (κ2) is 5.61. The molecule has 128 valence electrons. The fourth-order valence-corrected chi connectivity index (χ4v) is 2.68. The number of hydrogen-bond acceptors (Lipinski definition) is 7. The fourth-order valence-electron chi connectivity index (χ4n) is 2.68. The van der Waals surface area contributed by atoms with Crippen LogP contribution in [0.25, 0.3) is 27.9 Å². The summed E-state index contributed by atoms with van der Waals surface area (Å²) >= 11 is 0. The lowest BCUT2D eigenvalue weighted by Gasteiger charge is -2.07. The average Bonchev–Trinajstić information content (AvgIpc) is 3.17. The van der Waals surface area contributed by atoms with Crippen molar-refractivity contribution in [3.8, 4) is 11.3 Å². The molecule has 4 aromatic heterocycles. The Bertz CT molecular complexity index is 1070. The SMILES string of the molecule is CNc1nc(N)nn2ccc(-c3ccc4nnn(CC(F)F)c4n3)c12. The predicted molar refractivity (Wildman–Crippen MR) is 87.3 cm³/mol. The van der Waals surface area contributed by atoms with Crippen LogP contribution in [-0.2, 0) is 6.54 Å². The summed E-state index contributed by atoms with van der Waals surface area (Å²) in [5, 5.41) is 14.7. The Morgan fingerprint density at radius 1 is 1.24 bits per heavy atom. The van der Waals surface area contributed by atoms with Crippen molar-refractivity contribution in [3.05, 3.63) is 24.4 Å². The maximum Gasteiger partial charge on any atom is 0.258 e. The summed E-state index contributed by atoms with van der Waals surface area (Å²) < 4.78 is 28.1. The van der Waals surface area contributed by atoms with E-state index in [1.807, 2.05) is 0 Å². The first-order valence-corrected chi connectivity index (χ1v) is 7.38. The number of pyridine rings is 1. The van der Waals surface area contributed by atoms with Crippen LogP contribution in [-0.4, -0.2) is 48.0 Å². The van der Waals surface area contributed by atoms with Crippen LogP contribution < -0.4 is 11.1 Å². The van der Waals surface area contributed by atoms with Crippen LogP contribution in [0.5, 0.6) is 0 Å². The number of aromatic nitrogens is 7. The number of anilines is 2. The van der Waals surface area contributed by atoms with Gasteiger partial charge >= 0.3 is 0 Å². The number of rotatable bonds is 4. The Hall–Kier alpha value is -3.37. The van der Waals surface area contributed by atoms with Crippen molar-refractivity contribution in [3.63, 3.8) is 0 Å². The van der Waals surface area contributed by atoms with Gasteiger partial charge < -0.3 is 11.1 Å². The second-order valence-corrected chi connectivity index (χ2v) is 5.29. The third kappa shape index (κ3) is 2.49. The molecule has 4 aromatic rings. The van der Waals surface area contributed by atoms with Crippen molar-refractivity contribution in [2.75, 3.05) is 18.1 Å². The molecule has 0 saturated carbocycles. The summed E-state index contributed by atoms with van der Waals surface area (Å²) in [6.45, 7) is -0.565.